The molecule has 256 valence electrons. The van der Waals surface area contributed by atoms with Gasteiger partial charge in [-0.05, 0) is 50.6 Å². The zero-order chi connectivity index (χ0) is 34.2. The maximum atomic E-state index is 14.0. The molecule has 6 atom stereocenters. The minimum Gasteiger partial charge on any atom is -0.493 e. The van der Waals surface area contributed by atoms with E-state index >= 15 is 0 Å². The van der Waals surface area contributed by atoms with Crippen molar-refractivity contribution < 1.29 is 52.7 Å². The van der Waals surface area contributed by atoms with Gasteiger partial charge in [-0.25, -0.2) is 9.59 Å². The van der Waals surface area contributed by atoms with Crippen LogP contribution in [0.15, 0.2) is 54.3 Å². The van der Waals surface area contributed by atoms with Crippen LogP contribution in [-0.4, -0.2) is 85.0 Å². The van der Waals surface area contributed by atoms with E-state index in [0.29, 0.717) is 42.9 Å². The van der Waals surface area contributed by atoms with E-state index in [0.717, 1.165) is 24.5 Å². The third-order valence-corrected chi connectivity index (χ3v) is 10.0. The number of hydrogen-bond donors (Lipinski definition) is 1. The van der Waals surface area contributed by atoms with Crippen LogP contribution in [0.5, 0.6) is 11.5 Å². The average molecular weight is 664 g/mol. The minimum atomic E-state index is -1.64. The molecule has 1 spiro atoms. The van der Waals surface area contributed by atoms with Crippen molar-refractivity contribution in [3.05, 3.63) is 71.0 Å². The molecule has 0 radical (unpaired) electrons. The minimum absolute atomic E-state index is 0.152. The number of benzene rings is 2. The molecule has 2 aromatic carbocycles. The third-order valence-electron chi connectivity index (χ3n) is 10.0. The number of rotatable bonds is 12. The van der Waals surface area contributed by atoms with Crippen LogP contribution in [-0.2, 0) is 50.0 Å². The van der Waals surface area contributed by atoms with Crippen LogP contribution >= 0.6 is 0 Å². The van der Waals surface area contributed by atoms with Crippen molar-refractivity contribution in [2.75, 3.05) is 27.3 Å². The highest BCUT2D eigenvalue weighted by molar-refractivity contribution is 5.87. The predicted octanol–water partition coefficient (Wildman–Crippen LogP) is 3.47. The summed E-state index contributed by atoms with van der Waals surface area (Å²) in [6, 6.07) is 11.9. The van der Waals surface area contributed by atoms with Crippen LogP contribution in [0.4, 0.5) is 0 Å². The summed E-state index contributed by atoms with van der Waals surface area (Å²) in [5.74, 6) is -2.38. The quantitative estimate of drug-likeness (QED) is 0.202. The number of unbranched alkanes of at least 4 members (excludes halogenated alkanes) is 1. The van der Waals surface area contributed by atoms with Gasteiger partial charge in [0.1, 0.15) is 5.76 Å². The molecule has 0 amide bonds. The molecule has 6 rings (SSSR count). The highest BCUT2D eigenvalue weighted by Gasteiger charge is 2.72. The van der Waals surface area contributed by atoms with E-state index in [-0.39, 0.29) is 24.8 Å². The molecule has 1 saturated heterocycles. The Morgan fingerprint density at radius 2 is 1.85 bits per heavy atom. The van der Waals surface area contributed by atoms with Crippen molar-refractivity contribution in [1.29, 1.82) is 0 Å². The molecule has 1 N–H and O–H groups in total. The molecule has 12 nitrogen and oxygen atoms in total. The number of aliphatic hydroxyl groups is 1. The van der Waals surface area contributed by atoms with Gasteiger partial charge in [0.25, 0.3) is 0 Å². The normalized spacial score (nSPS) is 26.1. The smallest absolute Gasteiger partial charge is 0.357 e. The first-order valence-electron chi connectivity index (χ1n) is 16.3. The molecule has 12 heteroatoms. The Bertz CT molecular complexity index is 1620. The van der Waals surface area contributed by atoms with Crippen LogP contribution in [0.25, 0.3) is 0 Å². The summed E-state index contributed by atoms with van der Waals surface area (Å²) < 4.78 is 34.2. The van der Waals surface area contributed by atoms with Crippen molar-refractivity contribution in [2.24, 2.45) is 0 Å². The first-order valence-corrected chi connectivity index (χ1v) is 16.3. The van der Waals surface area contributed by atoms with Crippen molar-refractivity contribution in [3.63, 3.8) is 0 Å². The first-order chi connectivity index (χ1) is 23.0. The molecule has 4 aliphatic rings. The van der Waals surface area contributed by atoms with E-state index in [9.17, 15) is 24.3 Å². The summed E-state index contributed by atoms with van der Waals surface area (Å²) in [7, 11) is 3.55. The molecule has 2 aliphatic heterocycles. The van der Waals surface area contributed by atoms with E-state index in [1.54, 1.807) is 43.5 Å². The van der Waals surface area contributed by atoms with Crippen LogP contribution in [0.2, 0.25) is 0 Å². The van der Waals surface area contributed by atoms with Gasteiger partial charge in [0, 0.05) is 30.5 Å². The fourth-order valence-corrected chi connectivity index (χ4v) is 7.74. The summed E-state index contributed by atoms with van der Waals surface area (Å²) in [6.45, 7) is 3.87. The number of likely N-dealkylation sites (tertiary alicyclic amines) is 1. The number of methoxy groups -OCH3 is 1. The van der Waals surface area contributed by atoms with Crippen molar-refractivity contribution in [3.8, 4) is 11.5 Å². The summed E-state index contributed by atoms with van der Waals surface area (Å²) in [4.78, 5) is 53.9. The number of nitrogens with zero attached hydrogens (tertiary/aromatic N) is 1. The zero-order valence-electron chi connectivity index (χ0n) is 27.6. The number of hydrogen-bond acceptors (Lipinski definition) is 12. The maximum absolute atomic E-state index is 14.0. The lowest BCUT2D eigenvalue weighted by Gasteiger charge is -2.61. The summed E-state index contributed by atoms with van der Waals surface area (Å²) in [5.41, 5.74) is 0.0955. The fraction of sp³-hybridized carbons (Fsp3) is 0.500. The van der Waals surface area contributed by atoms with Crippen molar-refractivity contribution in [2.45, 2.75) is 87.7 Å². The molecule has 0 saturated carbocycles. The number of carbonyl (C=O) groups excluding carboxylic acids is 4. The van der Waals surface area contributed by atoms with E-state index in [4.69, 9.17) is 28.4 Å². The molecule has 2 aromatic rings. The van der Waals surface area contributed by atoms with Crippen molar-refractivity contribution in [1.82, 2.24) is 4.90 Å². The van der Waals surface area contributed by atoms with Gasteiger partial charge >= 0.3 is 23.9 Å². The van der Waals surface area contributed by atoms with Gasteiger partial charge in [0.15, 0.2) is 17.6 Å². The Balaban J connectivity index is 1.30. The lowest BCUT2D eigenvalue weighted by Crippen LogP contribution is -2.74. The number of piperidine rings is 1. The predicted molar refractivity (Wildman–Crippen MR) is 169 cm³/mol. The van der Waals surface area contributed by atoms with Crippen LogP contribution in [0.1, 0.15) is 68.7 Å². The van der Waals surface area contributed by atoms with Gasteiger partial charge in [-0.1, -0.05) is 49.7 Å². The Hall–Kier alpha value is -4.42. The molecule has 2 aliphatic carbocycles. The summed E-state index contributed by atoms with van der Waals surface area (Å²) >= 11 is 0. The molecule has 1 fully saturated rings. The zero-order valence-corrected chi connectivity index (χ0v) is 27.6. The van der Waals surface area contributed by atoms with Crippen LogP contribution in [0.3, 0.4) is 0 Å². The molecular weight excluding hydrogens is 622 g/mol. The van der Waals surface area contributed by atoms with Gasteiger partial charge in [0.2, 0.25) is 12.2 Å². The molecule has 0 unspecified atom stereocenters. The van der Waals surface area contributed by atoms with Crippen molar-refractivity contribution >= 4 is 23.9 Å². The molecular formula is C36H41NO11. The third kappa shape index (κ3) is 5.60. The molecule has 2 heterocycles. The van der Waals surface area contributed by atoms with E-state index < -0.39 is 59.6 Å². The van der Waals surface area contributed by atoms with Gasteiger partial charge in [0.05, 0.1) is 31.2 Å². The van der Waals surface area contributed by atoms with E-state index in [1.807, 2.05) is 26.1 Å². The second kappa shape index (κ2) is 13.2. The van der Waals surface area contributed by atoms with Crippen LogP contribution < -0.4 is 9.47 Å². The molecule has 48 heavy (non-hydrogen) atoms. The van der Waals surface area contributed by atoms with Gasteiger partial charge in [-0.3, -0.25) is 9.59 Å². The lowest BCUT2D eigenvalue weighted by molar-refractivity contribution is -0.183. The second-order valence-electron chi connectivity index (χ2n) is 12.8. The lowest BCUT2D eigenvalue weighted by atomic mass is 9.50. The van der Waals surface area contributed by atoms with Crippen LogP contribution in [0, 0.1) is 0 Å². The summed E-state index contributed by atoms with van der Waals surface area (Å²) in [6.07, 6.45) is -0.205. The molecule has 2 bridgehead atoms. The Morgan fingerprint density at radius 3 is 2.56 bits per heavy atom. The number of esters is 4. The number of carbonyl (C=O) groups is 4. The topological polar surface area (TPSA) is 147 Å². The highest BCUT2D eigenvalue weighted by atomic mass is 16.6. The standard InChI is InChI=1S/C36H41NO11/c1-5-6-18-44-28(39)20-26(45-21(2)38)33(40)48-30(22-10-8-7-9-11-22)34(41)46-25-14-15-36(42)27-19-23-12-13-24(43-4)31-29(23)35(36,32(25)47-31)16-17-37(27)3/h7-14,26-27,30,32,42H,5-6,15-20H2,1-4H3/t26-,27+,30-,32-,35-,36+/m0/s1. The largest absolute Gasteiger partial charge is 0.493 e. The van der Waals surface area contributed by atoms with Gasteiger partial charge in [-0.15, -0.1) is 0 Å². The Kier molecular flexibility index (Phi) is 9.23. The van der Waals surface area contributed by atoms with E-state index in [1.165, 1.54) is 0 Å². The molecule has 0 aromatic heterocycles. The number of ether oxygens (including phenoxy) is 6. The van der Waals surface area contributed by atoms with E-state index in [2.05, 4.69) is 4.90 Å². The maximum Gasteiger partial charge on any atom is 0.357 e. The Morgan fingerprint density at radius 1 is 1.08 bits per heavy atom. The fourth-order valence-electron chi connectivity index (χ4n) is 7.74. The second-order valence-corrected chi connectivity index (χ2v) is 12.8. The van der Waals surface area contributed by atoms with Gasteiger partial charge in [-0.2, -0.15) is 0 Å². The monoisotopic (exact) mass is 663 g/mol. The highest BCUT2D eigenvalue weighted by Crippen LogP contribution is 2.65. The summed E-state index contributed by atoms with van der Waals surface area (Å²) in [5, 5.41) is 12.5. The number of likely N-dealkylation sites (N-methyl/N-ethyl adjacent to an activating group) is 1. The average Bonchev–Trinajstić information content (AvgIpc) is 3.42. The van der Waals surface area contributed by atoms with Gasteiger partial charge < -0.3 is 38.4 Å². The Labute approximate surface area is 278 Å². The SMILES string of the molecule is CCCCOC(=O)C[C@H](OC(C)=O)C(=O)O[C@H](C(=O)OC1=CC[C@@]2(O)[C@H]3Cc4ccc(OC)c5c4[C@@]2(CCN3C)[C@H]1O5)c1ccccc1. The first kappa shape index (κ1) is 33.5.